The average molecular weight is 243 g/mol. The maximum absolute atomic E-state index is 13.6. The molecule has 1 aliphatic carbocycles. The van der Waals surface area contributed by atoms with Crippen LogP contribution in [0.15, 0.2) is 39.4 Å². The lowest BCUT2D eigenvalue weighted by Gasteiger charge is -2.24. The van der Waals surface area contributed by atoms with Gasteiger partial charge in [0.25, 0.3) is 0 Å². The summed E-state index contributed by atoms with van der Waals surface area (Å²) in [5.41, 5.74) is 6.47. The Kier molecular flexibility index (Phi) is 1.96. The molecule has 0 amide bonds. The van der Waals surface area contributed by atoms with Gasteiger partial charge in [-0.1, -0.05) is 28.1 Å². The Hall–Kier alpha value is -0.740. The third kappa shape index (κ3) is 1.51. The first-order valence-electron chi connectivity index (χ1n) is 3.88. The van der Waals surface area contributed by atoms with Crippen molar-refractivity contribution in [3.05, 3.63) is 34.4 Å². The van der Waals surface area contributed by atoms with E-state index in [1.54, 1.807) is 12.2 Å². The zero-order valence-corrected chi connectivity index (χ0v) is 8.38. The van der Waals surface area contributed by atoms with Gasteiger partial charge in [0.05, 0.1) is 12.3 Å². The zero-order chi connectivity index (χ0) is 9.47. The maximum atomic E-state index is 13.6. The number of aliphatic imine (C=N–C) groups is 1. The fraction of sp³-hybridized carbons (Fsp3) is 0.222. The van der Waals surface area contributed by atoms with Crippen LogP contribution < -0.4 is 5.73 Å². The van der Waals surface area contributed by atoms with Crippen molar-refractivity contribution in [3.8, 4) is 0 Å². The SMILES string of the molecule is NC1(F)C=CC=C2C=C(Br)CN=C21. The summed E-state index contributed by atoms with van der Waals surface area (Å²) in [7, 11) is 0. The molecule has 2 nitrogen and oxygen atoms in total. The third-order valence-corrected chi connectivity index (χ3v) is 2.43. The number of rotatable bonds is 0. The van der Waals surface area contributed by atoms with Gasteiger partial charge < -0.3 is 0 Å². The van der Waals surface area contributed by atoms with E-state index >= 15 is 0 Å². The van der Waals surface area contributed by atoms with Crippen molar-refractivity contribution in [3.63, 3.8) is 0 Å². The van der Waals surface area contributed by atoms with Crippen molar-refractivity contribution in [2.24, 2.45) is 10.7 Å². The molecule has 13 heavy (non-hydrogen) atoms. The molecule has 1 atom stereocenters. The number of halogens is 2. The molecule has 2 rings (SSSR count). The van der Waals surface area contributed by atoms with Gasteiger partial charge in [-0.2, -0.15) is 0 Å². The molecular weight excluding hydrogens is 235 g/mol. The number of hydrogen-bond donors (Lipinski definition) is 1. The Bertz CT molecular complexity index is 364. The van der Waals surface area contributed by atoms with Gasteiger partial charge in [0.2, 0.25) is 5.79 Å². The molecule has 0 bridgehead atoms. The molecule has 0 spiro atoms. The molecule has 0 aromatic carbocycles. The lowest BCUT2D eigenvalue weighted by molar-refractivity contribution is 0.335. The molecule has 2 aliphatic rings. The number of alkyl halides is 1. The van der Waals surface area contributed by atoms with Crippen LogP contribution in [0.3, 0.4) is 0 Å². The molecule has 0 radical (unpaired) electrons. The van der Waals surface area contributed by atoms with E-state index in [0.717, 1.165) is 10.1 Å². The highest BCUT2D eigenvalue weighted by Gasteiger charge is 2.33. The summed E-state index contributed by atoms with van der Waals surface area (Å²) < 4.78 is 14.5. The number of fused-ring (bicyclic) bond motifs is 1. The smallest absolute Gasteiger partial charge is 0.221 e. The predicted octanol–water partition coefficient (Wildman–Crippen LogP) is 1.84. The molecule has 0 saturated carbocycles. The summed E-state index contributed by atoms with van der Waals surface area (Å²) >= 11 is 3.31. The lowest BCUT2D eigenvalue weighted by Crippen LogP contribution is -2.44. The maximum Gasteiger partial charge on any atom is 0.221 e. The van der Waals surface area contributed by atoms with Crippen LogP contribution in [-0.4, -0.2) is 18.0 Å². The summed E-state index contributed by atoms with van der Waals surface area (Å²) in [6, 6.07) is 0. The molecule has 1 aliphatic heterocycles. The summed E-state index contributed by atoms with van der Waals surface area (Å²) in [5.74, 6) is -1.91. The van der Waals surface area contributed by atoms with Crippen molar-refractivity contribution >= 4 is 21.6 Å². The standard InChI is InChI=1S/C9H8BrFN2/c10-7-4-6-2-1-3-9(11,12)8(6)13-5-7/h1-4H,5,12H2. The van der Waals surface area contributed by atoms with Gasteiger partial charge in [-0.25, -0.2) is 4.39 Å². The highest BCUT2D eigenvalue weighted by molar-refractivity contribution is 9.11. The molecule has 0 aromatic rings. The summed E-state index contributed by atoms with van der Waals surface area (Å²) in [4.78, 5) is 4.07. The van der Waals surface area contributed by atoms with Crippen molar-refractivity contribution in [2.45, 2.75) is 5.79 Å². The van der Waals surface area contributed by atoms with Gasteiger partial charge >= 0.3 is 0 Å². The molecule has 1 heterocycles. The largest absolute Gasteiger partial charge is 0.291 e. The summed E-state index contributed by atoms with van der Waals surface area (Å²) in [6.07, 6.45) is 6.55. The quantitative estimate of drug-likeness (QED) is 0.647. The zero-order valence-electron chi connectivity index (χ0n) is 6.80. The summed E-state index contributed by atoms with van der Waals surface area (Å²) in [5, 5.41) is 0. The van der Waals surface area contributed by atoms with Crippen LogP contribution in [0, 0.1) is 0 Å². The number of hydrogen-bond acceptors (Lipinski definition) is 2. The van der Waals surface area contributed by atoms with Gasteiger partial charge in [0, 0.05) is 10.1 Å². The average Bonchev–Trinajstić information content (AvgIpc) is 2.02. The van der Waals surface area contributed by atoms with E-state index in [4.69, 9.17) is 5.73 Å². The fourth-order valence-electron chi connectivity index (χ4n) is 1.37. The Morgan fingerprint density at radius 2 is 2.38 bits per heavy atom. The number of dihydropyridines is 1. The Balaban J connectivity index is 2.46. The third-order valence-electron chi connectivity index (χ3n) is 1.95. The van der Waals surface area contributed by atoms with E-state index < -0.39 is 5.79 Å². The monoisotopic (exact) mass is 242 g/mol. The van der Waals surface area contributed by atoms with E-state index in [1.165, 1.54) is 6.08 Å². The molecular formula is C9H8BrFN2. The van der Waals surface area contributed by atoms with E-state index in [9.17, 15) is 4.39 Å². The molecule has 0 aromatic heterocycles. The van der Waals surface area contributed by atoms with Gasteiger partial charge in [-0.15, -0.1) is 0 Å². The van der Waals surface area contributed by atoms with Crippen molar-refractivity contribution in [1.29, 1.82) is 0 Å². The molecule has 1 unspecified atom stereocenters. The Labute approximate surface area is 83.8 Å². The second kappa shape index (κ2) is 2.89. The van der Waals surface area contributed by atoms with Crippen molar-refractivity contribution in [1.82, 2.24) is 0 Å². The van der Waals surface area contributed by atoms with Crippen LogP contribution in [0.2, 0.25) is 0 Å². The van der Waals surface area contributed by atoms with Crippen LogP contribution in [0.25, 0.3) is 0 Å². The number of nitrogens with two attached hydrogens (primary N) is 1. The number of allylic oxidation sites excluding steroid dienone is 3. The van der Waals surface area contributed by atoms with E-state index in [1.807, 2.05) is 6.08 Å². The van der Waals surface area contributed by atoms with Gasteiger partial charge in [0.1, 0.15) is 0 Å². The van der Waals surface area contributed by atoms with E-state index in [2.05, 4.69) is 20.9 Å². The van der Waals surface area contributed by atoms with Crippen molar-refractivity contribution in [2.75, 3.05) is 6.54 Å². The van der Waals surface area contributed by atoms with Crippen LogP contribution in [0.5, 0.6) is 0 Å². The molecule has 68 valence electrons. The summed E-state index contributed by atoms with van der Waals surface area (Å²) in [6.45, 7) is 0.462. The van der Waals surface area contributed by atoms with Crippen LogP contribution in [-0.2, 0) is 0 Å². The normalized spacial score (nSPS) is 31.8. The number of nitrogens with zero attached hydrogens (tertiary/aromatic N) is 1. The second-order valence-corrected chi connectivity index (χ2v) is 4.02. The predicted molar refractivity (Wildman–Crippen MR) is 54.6 cm³/mol. The van der Waals surface area contributed by atoms with Gasteiger partial charge in [0.15, 0.2) is 0 Å². The first-order valence-corrected chi connectivity index (χ1v) is 4.67. The van der Waals surface area contributed by atoms with Crippen LogP contribution in [0.4, 0.5) is 4.39 Å². The molecule has 0 fully saturated rings. The minimum atomic E-state index is -1.91. The second-order valence-electron chi connectivity index (χ2n) is 3.01. The Morgan fingerprint density at radius 1 is 1.62 bits per heavy atom. The minimum Gasteiger partial charge on any atom is -0.291 e. The molecule has 0 saturated heterocycles. The van der Waals surface area contributed by atoms with Gasteiger partial charge in [-0.3, -0.25) is 10.7 Å². The lowest BCUT2D eigenvalue weighted by atomic mass is 9.94. The Morgan fingerprint density at radius 3 is 3.15 bits per heavy atom. The van der Waals surface area contributed by atoms with E-state index in [0.29, 0.717) is 12.3 Å². The molecule has 4 heteroatoms. The van der Waals surface area contributed by atoms with Crippen LogP contribution >= 0.6 is 15.9 Å². The first kappa shape index (κ1) is 8.84. The minimum absolute atomic E-state index is 0.318. The molecule has 2 N–H and O–H groups in total. The highest BCUT2D eigenvalue weighted by atomic mass is 79.9. The first-order chi connectivity index (χ1) is 6.09. The fourth-order valence-corrected chi connectivity index (χ4v) is 1.74. The van der Waals surface area contributed by atoms with Crippen molar-refractivity contribution < 1.29 is 4.39 Å². The van der Waals surface area contributed by atoms with Gasteiger partial charge in [-0.05, 0) is 12.2 Å². The van der Waals surface area contributed by atoms with E-state index in [-0.39, 0.29) is 0 Å². The van der Waals surface area contributed by atoms with Crippen LogP contribution in [0.1, 0.15) is 0 Å². The highest BCUT2D eigenvalue weighted by Crippen LogP contribution is 2.26. The topological polar surface area (TPSA) is 38.4 Å².